The summed E-state index contributed by atoms with van der Waals surface area (Å²) in [4.78, 5) is 6.01. The van der Waals surface area contributed by atoms with Crippen LogP contribution in [0, 0.1) is 0 Å². The molecule has 0 spiro atoms. The molecule has 1 aromatic rings. The van der Waals surface area contributed by atoms with Gasteiger partial charge in [0.25, 0.3) is 0 Å². The molecule has 0 saturated carbocycles. The molecule has 1 aromatic heterocycles. The predicted molar refractivity (Wildman–Crippen MR) is 40.2 cm³/mol. The van der Waals surface area contributed by atoms with Crippen LogP contribution in [0.4, 0.5) is 0 Å². The van der Waals surface area contributed by atoms with Crippen molar-refractivity contribution >= 4 is 0 Å². The van der Waals surface area contributed by atoms with Crippen molar-refractivity contribution in [3.8, 4) is 0 Å². The summed E-state index contributed by atoms with van der Waals surface area (Å²) in [6, 6.07) is 0. The molecule has 1 atom stereocenters. The fraction of sp³-hybridized carbons (Fsp3) is 0.714. The molecule has 0 aliphatic carbocycles. The van der Waals surface area contributed by atoms with Gasteiger partial charge in [-0.3, -0.25) is 4.90 Å². The SMILES string of the molecule is O[C@@H]1CCN(Cc2ncon2)C1. The van der Waals surface area contributed by atoms with Gasteiger partial charge in [-0.15, -0.1) is 0 Å². The minimum absolute atomic E-state index is 0.183. The first-order valence-electron chi connectivity index (χ1n) is 4.00. The average molecular weight is 169 g/mol. The van der Waals surface area contributed by atoms with Gasteiger partial charge in [-0.1, -0.05) is 5.16 Å². The van der Waals surface area contributed by atoms with Gasteiger partial charge in [-0.25, -0.2) is 0 Å². The Bertz CT molecular complexity index is 237. The molecule has 0 radical (unpaired) electrons. The lowest BCUT2D eigenvalue weighted by Gasteiger charge is -2.10. The number of hydrogen-bond donors (Lipinski definition) is 1. The second kappa shape index (κ2) is 3.20. The Morgan fingerprint density at radius 3 is 3.25 bits per heavy atom. The molecule has 0 unspecified atom stereocenters. The number of nitrogens with zero attached hydrogens (tertiary/aromatic N) is 3. The second-order valence-corrected chi connectivity index (χ2v) is 3.03. The van der Waals surface area contributed by atoms with Crippen molar-refractivity contribution in [2.24, 2.45) is 0 Å². The van der Waals surface area contributed by atoms with E-state index in [1.807, 2.05) is 0 Å². The van der Waals surface area contributed by atoms with E-state index in [0.29, 0.717) is 18.9 Å². The maximum Gasteiger partial charge on any atom is 0.213 e. The minimum Gasteiger partial charge on any atom is -0.392 e. The molecule has 1 N–H and O–H groups in total. The van der Waals surface area contributed by atoms with Gasteiger partial charge in [-0.05, 0) is 6.42 Å². The minimum atomic E-state index is -0.183. The molecule has 2 rings (SSSR count). The maximum atomic E-state index is 9.22. The van der Waals surface area contributed by atoms with E-state index in [1.54, 1.807) is 0 Å². The lowest BCUT2D eigenvalue weighted by Crippen LogP contribution is -2.22. The molecule has 12 heavy (non-hydrogen) atoms. The van der Waals surface area contributed by atoms with Gasteiger partial charge in [0.15, 0.2) is 5.82 Å². The molecule has 5 nitrogen and oxygen atoms in total. The molecule has 5 heteroatoms. The predicted octanol–water partition coefficient (Wildman–Crippen LogP) is -0.364. The Morgan fingerprint density at radius 2 is 2.67 bits per heavy atom. The first-order valence-corrected chi connectivity index (χ1v) is 4.00. The van der Waals surface area contributed by atoms with Crippen LogP contribution in [0.15, 0.2) is 10.9 Å². The zero-order valence-electron chi connectivity index (χ0n) is 6.68. The number of aliphatic hydroxyl groups is 1. The third-order valence-electron chi connectivity index (χ3n) is 2.02. The standard InChI is InChI=1S/C7H11N3O2/c11-6-1-2-10(3-6)4-7-8-5-12-9-7/h5-6,11H,1-4H2/t6-/m1/s1. The van der Waals surface area contributed by atoms with Gasteiger partial charge in [0, 0.05) is 13.1 Å². The van der Waals surface area contributed by atoms with Crippen molar-refractivity contribution in [3.05, 3.63) is 12.2 Å². The second-order valence-electron chi connectivity index (χ2n) is 3.03. The monoisotopic (exact) mass is 169 g/mol. The van der Waals surface area contributed by atoms with Crippen LogP contribution >= 0.6 is 0 Å². The average Bonchev–Trinajstić information content (AvgIpc) is 2.63. The molecule has 1 aliphatic heterocycles. The molecule has 66 valence electrons. The molecule has 1 saturated heterocycles. The first kappa shape index (κ1) is 7.70. The van der Waals surface area contributed by atoms with Crippen LogP contribution in [0.2, 0.25) is 0 Å². The fourth-order valence-electron chi connectivity index (χ4n) is 1.42. The number of rotatable bonds is 2. The van der Waals surface area contributed by atoms with Crippen LogP contribution in [0.1, 0.15) is 12.2 Å². The van der Waals surface area contributed by atoms with Crippen LogP contribution < -0.4 is 0 Å². The Labute approximate surface area is 70.0 Å². The van der Waals surface area contributed by atoms with E-state index >= 15 is 0 Å². The van der Waals surface area contributed by atoms with Gasteiger partial charge < -0.3 is 9.63 Å². The summed E-state index contributed by atoms with van der Waals surface area (Å²) in [6.07, 6.45) is 1.98. The van der Waals surface area contributed by atoms with Crippen LogP contribution in [-0.2, 0) is 6.54 Å². The van der Waals surface area contributed by atoms with Crippen molar-refractivity contribution in [1.82, 2.24) is 15.0 Å². The Morgan fingerprint density at radius 1 is 1.75 bits per heavy atom. The largest absolute Gasteiger partial charge is 0.392 e. The number of aromatic nitrogens is 2. The lowest BCUT2D eigenvalue weighted by atomic mass is 10.3. The summed E-state index contributed by atoms with van der Waals surface area (Å²) >= 11 is 0. The van der Waals surface area contributed by atoms with Gasteiger partial charge >= 0.3 is 0 Å². The van der Waals surface area contributed by atoms with E-state index in [1.165, 1.54) is 6.39 Å². The topological polar surface area (TPSA) is 62.4 Å². The normalized spacial score (nSPS) is 24.9. The number of β-amino-alcohol motifs (C(OH)–C–C–N with tert-alkyl or cyclic N) is 1. The van der Waals surface area contributed by atoms with Crippen molar-refractivity contribution in [2.75, 3.05) is 13.1 Å². The highest BCUT2D eigenvalue weighted by Gasteiger charge is 2.20. The third kappa shape index (κ3) is 1.62. The Hall–Kier alpha value is -0.940. The van der Waals surface area contributed by atoms with Crippen molar-refractivity contribution in [1.29, 1.82) is 0 Å². The van der Waals surface area contributed by atoms with E-state index in [2.05, 4.69) is 19.6 Å². The van der Waals surface area contributed by atoms with Gasteiger partial charge in [0.2, 0.25) is 6.39 Å². The number of hydrogen-bond acceptors (Lipinski definition) is 5. The quantitative estimate of drug-likeness (QED) is 0.654. The highest BCUT2D eigenvalue weighted by molar-refractivity contribution is 4.82. The Balaban J connectivity index is 1.88. The van der Waals surface area contributed by atoms with E-state index in [4.69, 9.17) is 0 Å². The van der Waals surface area contributed by atoms with Crippen molar-refractivity contribution in [3.63, 3.8) is 0 Å². The highest BCUT2D eigenvalue weighted by atomic mass is 16.5. The zero-order chi connectivity index (χ0) is 8.39. The van der Waals surface area contributed by atoms with E-state index in [9.17, 15) is 5.11 Å². The molecule has 2 heterocycles. The van der Waals surface area contributed by atoms with Crippen LogP contribution in [0.3, 0.4) is 0 Å². The van der Waals surface area contributed by atoms with Gasteiger partial charge in [0.1, 0.15) is 0 Å². The number of aliphatic hydroxyl groups excluding tert-OH is 1. The smallest absolute Gasteiger partial charge is 0.213 e. The van der Waals surface area contributed by atoms with E-state index in [-0.39, 0.29) is 6.10 Å². The third-order valence-corrected chi connectivity index (χ3v) is 2.02. The van der Waals surface area contributed by atoms with Gasteiger partial charge in [-0.2, -0.15) is 4.98 Å². The van der Waals surface area contributed by atoms with Crippen LogP contribution in [0.25, 0.3) is 0 Å². The molecule has 1 aliphatic rings. The first-order chi connectivity index (χ1) is 5.84. The maximum absolute atomic E-state index is 9.22. The fourth-order valence-corrected chi connectivity index (χ4v) is 1.42. The van der Waals surface area contributed by atoms with Crippen molar-refractivity contribution < 1.29 is 9.63 Å². The molecular formula is C7H11N3O2. The van der Waals surface area contributed by atoms with E-state index < -0.39 is 0 Å². The highest BCUT2D eigenvalue weighted by Crippen LogP contribution is 2.10. The summed E-state index contributed by atoms with van der Waals surface area (Å²) in [5, 5.41) is 12.9. The van der Waals surface area contributed by atoms with Crippen molar-refractivity contribution in [2.45, 2.75) is 19.1 Å². The van der Waals surface area contributed by atoms with E-state index in [0.717, 1.165) is 13.0 Å². The Kier molecular flexibility index (Phi) is 2.05. The van der Waals surface area contributed by atoms with Crippen LogP contribution in [-0.4, -0.2) is 39.3 Å². The molecular weight excluding hydrogens is 158 g/mol. The zero-order valence-corrected chi connectivity index (χ0v) is 6.68. The lowest BCUT2D eigenvalue weighted by molar-refractivity contribution is 0.173. The summed E-state index contributed by atoms with van der Waals surface area (Å²) in [6.45, 7) is 2.30. The number of likely N-dealkylation sites (tertiary alicyclic amines) is 1. The molecule has 0 bridgehead atoms. The summed E-state index contributed by atoms with van der Waals surface area (Å²) in [7, 11) is 0. The summed E-state index contributed by atoms with van der Waals surface area (Å²) < 4.78 is 4.60. The van der Waals surface area contributed by atoms with Crippen LogP contribution in [0.5, 0.6) is 0 Å². The molecule has 0 amide bonds. The summed E-state index contributed by atoms with van der Waals surface area (Å²) in [5.41, 5.74) is 0. The van der Waals surface area contributed by atoms with Gasteiger partial charge in [0.05, 0.1) is 12.6 Å². The molecule has 0 aromatic carbocycles. The molecule has 1 fully saturated rings. The summed E-state index contributed by atoms with van der Waals surface area (Å²) in [5.74, 6) is 0.684.